The first kappa shape index (κ1) is 16.3. The molecule has 26 heavy (non-hydrogen) atoms. The number of H-pyrrole nitrogens is 2. The van der Waals surface area contributed by atoms with Crippen molar-refractivity contribution in [3.05, 3.63) is 40.7 Å². The molecule has 0 amide bonds. The third-order valence-electron chi connectivity index (χ3n) is 4.58. The predicted octanol–water partition coefficient (Wildman–Crippen LogP) is 2.55. The molecule has 8 heteroatoms. The van der Waals surface area contributed by atoms with E-state index in [-0.39, 0.29) is 11.7 Å². The number of tetrazole rings is 1. The van der Waals surface area contributed by atoms with Crippen molar-refractivity contribution in [2.45, 2.75) is 31.8 Å². The van der Waals surface area contributed by atoms with Crippen LogP contribution in [0.25, 0.3) is 22.6 Å². The van der Waals surface area contributed by atoms with E-state index in [1.807, 2.05) is 24.3 Å². The van der Waals surface area contributed by atoms with Crippen molar-refractivity contribution in [1.82, 2.24) is 25.6 Å². The normalized spacial score (nSPS) is 14.5. The van der Waals surface area contributed by atoms with Gasteiger partial charge in [-0.2, -0.15) is 0 Å². The lowest BCUT2D eigenvalue weighted by Crippen LogP contribution is -2.12. The molecule has 0 spiro atoms. The highest BCUT2D eigenvalue weighted by Crippen LogP contribution is 2.34. The molecule has 1 aliphatic rings. The summed E-state index contributed by atoms with van der Waals surface area (Å²) < 4.78 is 11.5. The first-order chi connectivity index (χ1) is 12.7. The Morgan fingerprint density at radius 1 is 1.12 bits per heavy atom. The van der Waals surface area contributed by atoms with E-state index in [1.165, 1.54) is 12.8 Å². The standard InChI is InChI=1S/C18H19N5O3/c1-25-15-9-6-11(10-16(15)26-12-4-2-3-5-12)14-8-7-13(18(24)19-14)17-20-22-23-21-17/h6-10,12H,2-5H2,1H3,(H,19,24)(H,20,21,22,23). The van der Waals surface area contributed by atoms with Gasteiger partial charge in [-0.25, -0.2) is 5.10 Å². The van der Waals surface area contributed by atoms with Crippen LogP contribution in [0.15, 0.2) is 35.1 Å². The molecule has 134 valence electrons. The fourth-order valence-corrected chi connectivity index (χ4v) is 3.22. The zero-order valence-electron chi connectivity index (χ0n) is 14.4. The molecule has 1 aliphatic carbocycles. The SMILES string of the molecule is COc1ccc(-c2ccc(-c3nnn[nH]3)c(=O)[nH]2)cc1OC1CCCC1. The maximum atomic E-state index is 12.4. The molecule has 3 aromatic rings. The van der Waals surface area contributed by atoms with Crippen LogP contribution in [0.1, 0.15) is 25.7 Å². The van der Waals surface area contributed by atoms with Crippen LogP contribution in [-0.4, -0.2) is 38.8 Å². The van der Waals surface area contributed by atoms with Crippen molar-refractivity contribution < 1.29 is 9.47 Å². The van der Waals surface area contributed by atoms with Crippen LogP contribution in [0.4, 0.5) is 0 Å². The third-order valence-corrected chi connectivity index (χ3v) is 4.58. The second-order valence-corrected chi connectivity index (χ2v) is 6.25. The van der Waals surface area contributed by atoms with E-state index in [0.717, 1.165) is 18.4 Å². The van der Waals surface area contributed by atoms with Crippen molar-refractivity contribution in [1.29, 1.82) is 0 Å². The lowest BCUT2D eigenvalue weighted by Gasteiger charge is -2.17. The molecule has 1 aromatic carbocycles. The van der Waals surface area contributed by atoms with Gasteiger partial charge in [-0.3, -0.25) is 4.79 Å². The summed E-state index contributed by atoms with van der Waals surface area (Å²) >= 11 is 0. The molecule has 1 fully saturated rings. The highest BCUT2D eigenvalue weighted by molar-refractivity contribution is 5.66. The summed E-state index contributed by atoms with van der Waals surface area (Å²) in [4.78, 5) is 15.2. The molecular formula is C18H19N5O3. The number of hydrogen-bond donors (Lipinski definition) is 2. The number of rotatable bonds is 5. The van der Waals surface area contributed by atoms with Gasteiger partial charge in [0.1, 0.15) is 0 Å². The Morgan fingerprint density at radius 3 is 2.65 bits per heavy atom. The van der Waals surface area contributed by atoms with Crippen molar-refractivity contribution in [3.63, 3.8) is 0 Å². The smallest absolute Gasteiger partial charge is 0.259 e. The minimum absolute atomic E-state index is 0.222. The van der Waals surface area contributed by atoms with Gasteiger partial charge in [-0.05, 0) is 66.4 Å². The average molecular weight is 353 g/mol. The lowest BCUT2D eigenvalue weighted by atomic mass is 10.1. The molecule has 4 rings (SSSR count). The number of ether oxygens (including phenoxy) is 2. The Hall–Kier alpha value is -3.16. The molecule has 2 aromatic heterocycles. The number of nitrogens with one attached hydrogen (secondary N) is 2. The average Bonchev–Trinajstić information content (AvgIpc) is 3.35. The summed E-state index contributed by atoms with van der Waals surface area (Å²) in [6.45, 7) is 0. The van der Waals surface area contributed by atoms with Crippen LogP contribution in [0.5, 0.6) is 11.5 Å². The molecule has 8 nitrogen and oxygen atoms in total. The van der Waals surface area contributed by atoms with Gasteiger partial charge < -0.3 is 14.5 Å². The number of pyridine rings is 1. The number of aromatic amines is 2. The largest absolute Gasteiger partial charge is 0.493 e. The Labute approximate surface area is 149 Å². The topological polar surface area (TPSA) is 106 Å². The van der Waals surface area contributed by atoms with E-state index < -0.39 is 0 Å². The number of hydrogen-bond acceptors (Lipinski definition) is 6. The molecule has 0 unspecified atom stereocenters. The van der Waals surface area contributed by atoms with Gasteiger partial charge in [-0.15, -0.1) is 5.10 Å². The van der Waals surface area contributed by atoms with Crippen LogP contribution in [-0.2, 0) is 0 Å². The van der Waals surface area contributed by atoms with Crippen LogP contribution >= 0.6 is 0 Å². The molecule has 0 bridgehead atoms. The fourth-order valence-electron chi connectivity index (χ4n) is 3.22. The van der Waals surface area contributed by atoms with Gasteiger partial charge in [0.05, 0.1) is 18.8 Å². The van der Waals surface area contributed by atoms with Gasteiger partial charge in [0.25, 0.3) is 5.56 Å². The summed E-state index contributed by atoms with van der Waals surface area (Å²) in [6, 6.07) is 9.16. The first-order valence-corrected chi connectivity index (χ1v) is 8.57. The maximum absolute atomic E-state index is 12.4. The summed E-state index contributed by atoms with van der Waals surface area (Å²) in [5.74, 6) is 1.71. The number of aromatic nitrogens is 5. The van der Waals surface area contributed by atoms with E-state index in [4.69, 9.17) is 9.47 Å². The van der Waals surface area contributed by atoms with Crippen LogP contribution in [0.3, 0.4) is 0 Å². The summed E-state index contributed by atoms with van der Waals surface area (Å²) in [7, 11) is 1.62. The van der Waals surface area contributed by atoms with Crippen LogP contribution < -0.4 is 15.0 Å². The summed E-state index contributed by atoms with van der Waals surface area (Å²) in [6.07, 6.45) is 4.73. The number of benzene rings is 1. The Morgan fingerprint density at radius 2 is 1.96 bits per heavy atom. The monoisotopic (exact) mass is 353 g/mol. The van der Waals surface area contributed by atoms with Crippen LogP contribution in [0.2, 0.25) is 0 Å². The van der Waals surface area contributed by atoms with Crippen LogP contribution in [0, 0.1) is 0 Å². The summed E-state index contributed by atoms with van der Waals surface area (Å²) in [5, 5.41) is 13.4. The van der Waals surface area contributed by atoms with E-state index in [9.17, 15) is 4.79 Å². The molecule has 1 saturated carbocycles. The van der Waals surface area contributed by atoms with E-state index in [2.05, 4.69) is 25.6 Å². The molecule has 2 heterocycles. The van der Waals surface area contributed by atoms with Gasteiger partial charge in [0.2, 0.25) is 0 Å². The lowest BCUT2D eigenvalue weighted by molar-refractivity contribution is 0.201. The van der Waals surface area contributed by atoms with Gasteiger partial charge in [0.15, 0.2) is 17.3 Å². The number of methoxy groups -OCH3 is 1. The second kappa shape index (κ2) is 6.99. The van der Waals surface area contributed by atoms with Crippen molar-refractivity contribution in [2.75, 3.05) is 7.11 Å². The Balaban J connectivity index is 1.66. The zero-order chi connectivity index (χ0) is 17.9. The fraction of sp³-hybridized carbons (Fsp3) is 0.333. The van der Waals surface area contributed by atoms with Crippen molar-refractivity contribution >= 4 is 0 Å². The zero-order valence-corrected chi connectivity index (χ0v) is 14.4. The molecule has 0 saturated heterocycles. The summed E-state index contributed by atoms with van der Waals surface area (Å²) in [5.41, 5.74) is 1.65. The molecule has 0 radical (unpaired) electrons. The van der Waals surface area contributed by atoms with Gasteiger partial charge in [-0.1, -0.05) is 0 Å². The minimum atomic E-state index is -0.268. The highest BCUT2D eigenvalue weighted by Gasteiger charge is 2.19. The van der Waals surface area contributed by atoms with Gasteiger partial charge in [0, 0.05) is 11.3 Å². The molecule has 0 aliphatic heterocycles. The quantitative estimate of drug-likeness (QED) is 0.730. The highest BCUT2D eigenvalue weighted by atomic mass is 16.5. The molecular weight excluding hydrogens is 334 g/mol. The molecule has 2 N–H and O–H groups in total. The van der Waals surface area contributed by atoms with Crippen molar-refractivity contribution in [2.24, 2.45) is 0 Å². The number of nitrogens with zero attached hydrogens (tertiary/aromatic N) is 3. The Kier molecular flexibility index (Phi) is 4.39. The second-order valence-electron chi connectivity index (χ2n) is 6.25. The maximum Gasteiger partial charge on any atom is 0.259 e. The first-order valence-electron chi connectivity index (χ1n) is 8.57. The predicted molar refractivity (Wildman–Crippen MR) is 95.1 cm³/mol. The third kappa shape index (κ3) is 3.17. The van der Waals surface area contributed by atoms with Crippen molar-refractivity contribution in [3.8, 4) is 34.1 Å². The van der Waals surface area contributed by atoms with Gasteiger partial charge >= 0.3 is 0 Å². The molecule has 0 atom stereocenters. The minimum Gasteiger partial charge on any atom is -0.493 e. The Bertz CT molecular complexity index is 946. The van der Waals surface area contributed by atoms with E-state index >= 15 is 0 Å². The van der Waals surface area contributed by atoms with E-state index in [1.54, 1.807) is 13.2 Å². The van der Waals surface area contributed by atoms with E-state index in [0.29, 0.717) is 28.6 Å².